The van der Waals surface area contributed by atoms with Crippen LogP contribution in [0.2, 0.25) is 0 Å². The molecule has 0 aliphatic rings. The highest BCUT2D eigenvalue weighted by molar-refractivity contribution is 7.97. The van der Waals surface area contributed by atoms with Crippen molar-refractivity contribution >= 4 is 49.9 Å². The van der Waals surface area contributed by atoms with Crippen molar-refractivity contribution in [3.63, 3.8) is 0 Å². The normalized spacial score (nSPS) is 11.1. The average molecular weight is 651 g/mol. The first kappa shape index (κ1) is 31.7. The fourth-order valence-electron chi connectivity index (χ4n) is 6.87. The molecule has 1 heterocycles. The summed E-state index contributed by atoms with van der Waals surface area (Å²) in [4.78, 5) is 15.2. The van der Waals surface area contributed by atoms with Crippen LogP contribution in [0.25, 0.3) is 11.0 Å². The zero-order valence-corrected chi connectivity index (χ0v) is 27.8. The van der Waals surface area contributed by atoms with Gasteiger partial charge in [0.15, 0.2) is 14.7 Å². The topological polar surface area (TPSA) is 30.2 Å². The quantitative estimate of drug-likeness (QED) is 0.0996. The molecule has 0 saturated carbocycles. The molecular weight excluding hydrogens is 615 g/mol. The third-order valence-electron chi connectivity index (χ3n) is 9.00. The van der Waals surface area contributed by atoms with E-state index in [0.717, 1.165) is 10.3 Å². The Morgan fingerprint density at radius 1 is 0.367 bits per heavy atom. The van der Waals surface area contributed by atoms with Gasteiger partial charge in [0.1, 0.15) is 22.6 Å². The van der Waals surface area contributed by atoms with Crippen molar-refractivity contribution in [2.45, 2.75) is 14.7 Å². The van der Waals surface area contributed by atoms with Crippen LogP contribution in [-0.2, 0) is 10.9 Å². The molecule has 49 heavy (non-hydrogen) atoms. The van der Waals surface area contributed by atoms with Gasteiger partial charge < -0.3 is 4.42 Å². The van der Waals surface area contributed by atoms with E-state index in [0.29, 0.717) is 5.58 Å². The number of rotatable bonds is 7. The van der Waals surface area contributed by atoms with Crippen LogP contribution in [-0.4, -0.2) is 6.15 Å². The first-order valence-corrected chi connectivity index (χ1v) is 17.7. The van der Waals surface area contributed by atoms with Gasteiger partial charge in [0.25, 0.3) is 0 Å². The molecular formula is C45H35BO2S. The summed E-state index contributed by atoms with van der Waals surface area (Å²) in [5.41, 5.74) is 5.66. The number of benzene rings is 7. The van der Waals surface area contributed by atoms with Crippen molar-refractivity contribution in [1.29, 1.82) is 0 Å². The Hall–Kier alpha value is -5.84. The van der Waals surface area contributed by atoms with Crippen LogP contribution in [0.5, 0.6) is 0 Å². The summed E-state index contributed by atoms with van der Waals surface area (Å²) < 4.78 is 5.37. The van der Waals surface area contributed by atoms with Crippen molar-refractivity contribution in [2.24, 2.45) is 0 Å². The van der Waals surface area contributed by atoms with Crippen LogP contribution >= 0.6 is 0 Å². The van der Waals surface area contributed by atoms with Crippen molar-refractivity contribution in [3.8, 4) is 0 Å². The summed E-state index contributed by atoms with van der Waals surface area (Å²) in [5.74, 6) is 0. The predicted octanol–water partition coefficient (Wildman–Crippen LogP) is 7.95. The van der Waals surface area contributed by atoms with Crippen LogP contribution in [0.15, 0.2) is 236 Å². The molecule has 236 valence electrons. The molecule has 0 spiro atoms. The third-order valence-corrected chi connectivity index (χ3v) is 11.3. The number of hydrogen-bond acceptors (Lipinski definition) is 2. The molecule has 7 aromatic carbocycles. The van der Waals surface area contributed by atoms with E-state index in [1.807, 2.05) is 30.3 Å². The first-order valence-electron chi connectivity index (χ1n) is 16.5. The lowest BCUT2D eigenvalue weighted by molar-refractivity contribution is 0.560. The van der Waals surface area contributed by atoms with Gasteiger partial charge in [-0.25, -0.2) is 4.79 Å². The summed E-state index contributed by atoms with van der Waals surface area (Å²) in [5, 5.41) is 0.980. The van der Waals surface area contributed by atoms with Gasteiger partial charge in [0.2, 0.25) is 0 Å². The summed E-state index contributed by atoms with van der Waals surface area (Å²) in [6, 6.07) is 73.7. The van der Waals surface area contributed by atoms with E-state index in [-0.39, 0.29) is 16.5 Å². The molecule has 0 N–H and O–H groups in total. The van der Waals surface area contributed by atoms with Gasteiger partial charge in [-0.3, -0.25) is 0 Å². The zero-order chi connectivity index (χ0) is 33.3. The molecule has 1 aromatic heterocycles. The standard InChI is InChI=1S/C24H20B.C21H15O2S/c1-5-13-21(14-6-1)25(22-15-7-2-8-16-22,23-17-9-3-10-18-23)24-19-11-4-12-20-24;22-21-15-14-18-19(23-21)12-7-13-20(18)24(16-8-3-1-4-9-16)17-10-5-2-6-11-17/h1-20H;1-15H/q-1;+1. The van der Waals surface area contributed by atoms with Crippen molar-refractivity contribution in [1.82, 2.24) is 0 Å². The smallest absolute Gasteiger partial charge is 0.336 e. The molecule has 2 nitrogen and oxygen atoms in total. The van der Waals surface area contributed by atoms with E-state index < -0.39 is 6.15 Å². The molecule has 0 fully saturated rings. The SMILES string of the molecule is O=c1ccc2c([S+](c3ccccc3)c3ccccc3)cccc2o1.c1ccc([B-](c2ccccc2)(c2ccccc2)c2ccccc2)cc1. The highest BCUT2D eigenvalue weighted by atomic mass is 32.2. The summed E-state index contributed by atoms with van der Waals surface area (Å²) in [6.07, 6.45) is -1.22. The molecule has 8 aromatic rings. The van der Waals surface area contributed by atoms with Crippen LogP contribution < -0.4 is 27.5 Å². The number of hydrogen-bond donors (Lipinski definition) is 0. The Balaban J connectivity index is 0.000000154. The fourth-order valence-corrected chi connectivity index (χ4v) is 9.12. The minimum atomic E-state index is -1.22. The van der Waals surface area contributed by atoms with Crippen molar-refractivity contribution in [3.05, 3.63) is 223 Å². The molecule has 0 unspecified atom stereocenters. The Morgan fingerprint density at radius 2 is 0.735 bits per heavy atom. The van der Waals surface area contributed by atoms with Gasteiger partial charge >= 0.3 is 5.63 Å². The molecule has 8 rings (SSSR count). The van der Waals surface area contributed by atoms with Gasteiger partial charge in [0, 0.05) is 6.07 Å². The fraction of sp³-hybridized carbons (Fsp3) is 0. The minimum Gasteiger partial charge on any atom is -0.423 e. The summed E-state index contributed by atoms with van der Waals surface area (Å²) >= 11 is 0. The maximum absolute atomic E-state index is 11.5. The lowest BCUT2D eigenvalue weighted by Gasteiger charge is -2.44. The predicted molar refractivity (Wildman–Crippen MR) is 208 cm³/mol. The van der Waals surface area contributed by atoms with Gasteiger partial charge in [-0.2, -0.15) is 21.9 Å². The molecule has 0 aliphatic carbocycles. The minimum absolute atomic E-state index is 0.258. The monoisotopic (exact) mass is 650 g/mol. The van der Waals surface area contributed by atoms with E-state index in [1.165, 1.54) is 37.7 Å². The van der Waals surface area contributed by atoms with Crippen LogP contribution in [0.4, 0.5) is 0 Å². The van der Waals surface area contributed by atoms with E-state index in [4.69, 9.17) is 4.42 Å². The van der Waals surface area contributed by atoms with Crippen LogP contribution in [0.3, 0.4) is 0 Å². The number of fused-ring (bicyclic) bond motifs is 1. The second-order valence-corrected chi connectivity index (χ2v) is 13.9. The Labute approximate surface area is 290 Å². The molecule has 0 aliphatic heterocycles. The molecule has 0 amide bonds. The van der Waals surface area contributed by atoms with Gasteiger partial charge in [0.05, 0.1) is 5.39 Å². The van der Waals surface area contributed by atoms with Crippen LogP contribution in [0.1, 0.15) is 0 Å². The van der Waals surface area contributed by atoms with E-state index >= 15 is 0 Å². The molecule has 0 saturated heterocycles. The van der Waals surface area contributed by atoms with Crippen LogP contribution in [0, 0.1) is 0 Å². The average Bonchev–Trinajstić information content (AvgIpc) is 3.18. The molecule has 0 bridgehead atoms. The second kappa shape index (κ2) is 14.9. The summed E-state index contributed by atoms with van der Waals surface area (Å²) in [6.45, 7) is 0. The van der Waals surface area contributed by atoms with E-state index in [2.05, 4.69) is 176 Å². The Kier molecular flexibility index (Phi) is 9.68. The van der Waals surface area contributed by atoms with Crippen molar-refractivity contribution < 1.29 is 4.42 Å². The zero-order valence-electron chi connectivity index (χ0n) is 27.0. The highest BCUT2D eigenvalue weighted by Gasteiger charge is 2.32. The summed E-state index contributed by atoms with van der Waals surface area (Å²) in [7, 11) is -0.258. The molecule has 0 atom stereocenters. The van der Waals surface area contributed by atoms with Gasteiger partial charge in [-0.1, -0.05) is 164 Å². The van der Waals surface area contributed by atoms with Crippen molar-refractivity contribution in [2.75, 3.05) is 0 Å². The van der Waals surface area contributed by atoms with Gasteiger partial charge in [-0.05, 0) is 42.5 Å². The van der Waals surface area contributed by atoms with E-state index in [9.17, 15) is 4.79 Å². The lowest BCUT2D eigenvalue weighted by atomic mass is 9.13. The molecule has 0 radical (unpaired) electrons. The van der Waals surface area contributed by atoms with Gasteiger partial charge in [-0.15, -0.1) is 0 Å². The Morgan fingerprint density at radius 3 is 1.12 bits per heavy atom. The maximum atomic E-state index is 11.5. The third kappa shape index (κ3) is 6.65. The molecule has 4 heteroatoms. The second-order valence-electron chi connectivity index (χ2n) is 11.9. The Bertz CT molecular complexity index is 2080. The van der Waals surface area contributed by atoms with E-state index in [1.54, 1.807) is 0 Å². The maximum Gasteiger partial charge on any atom is 0.336 e. The largest absolute Gasteiger partial charge is 0.423 e. The highest BCUT2D eigenvalue weighted by Crippen LogP contribution is 2.35. The first-order chi connectivity index (χ1) is 24.2. The lowest BCUT2D eigenvalue weighted by Crippen LogP contribution is -2.74.